The predicted octanol–water partition coefficient (Wildman–Crippen LogP) is 2.58. The molecular formula is C15H19N3O3. The standard InChI is InChI=1S/C15H19N3O3/c1-4-11(3)18(9-14(19)20)15(21)17-13-7-12(8-16)6-5-10(13)2/h5-7,11H,4,9H2,1-3H3,(H,17,21)(H,19,20). The first kappa shape index (κ1) is 16.5. The van der Waals surface area contributed by atoms with E-state index >= 15 is 0 Å². The first-order valence-corrected chi connectivity index (χ1v) is 6.69. The minimum absolute atomic E-state index is 0.194. The van der Waals surface area contributed by atoms with Crippen molar-refractivity contribution in [1.82, 2.24) is 4.90 Å². The molecule has 1 rings (SSSR count). The number of aliphatic carboxylic acids is 1. The Bertz CT molecular complexity index is 578. The van der Waals surface area contributed by atoms with Crippen LogP contribution in [0, 0.1) is 18.3 Å². The maximum atomic E-state index is 12.3. The van der Waals surface area contributed by atoms with Gasteiger partial charge in [-0.1, -0.05) is 13.0 Å². The molecule has 21 heavy (non-hydrogen) atoms. The molecule has 6 heteroatoms. The zero-order chi connectivity index (χ0) is 16.0. The number of carbonyl (C=O) groups excluding carboxylic acids is 1. The predicted molar refractivity (Wildman–Crippen MR) is 79.0 cm³/mol. The Hall–Kier alpha value is -2.55. The summed E-state index contributed by atoms with van der Waals surface area (Å²) in [5, 5.41) is 20.5. The number of nitrogens with one attached hydrogen (secondary N) is 1. The maximum Gasteiger partial charge on any atom is 0.323 e. The number of aryl methyl sites for hydroxylation is 1. The van der Waals surface area contributed by atoms with Crippen LogP contribution in [0.15, 0.2) is 18.2 Å². The number of carboxylic acids is 1. The highest BCUT2D eigenvalue weighted by Gasteiger charge is 2.22. The van der Waals surface area contributed by atoms with Crippen molar-refractivity contribution in [2.45, 2.75) is 33.2 Å². The third-order valence-corrected chi connectivity index (χ3v) is 3.30. The topological polar surface area (TPSA) is 93.4 Å². The molecule has 0 saturated heterocycles. The van der Waals surface area contributed by atoms with Crippen LogP contribution in [-0.4, -0.2) is 34.6 Å². The average molecular weight is 289 g/mol. The second kappa shape index (κ2) is 7.29. The fourth-order valence-corrected chi connectivity index (χ4v) is 1.81. The molecule has 0 fully saturated rings. The monoisotopic (exact) mass is 289 g/mol. The molecule has 1 aromatic carbocycles. The van der Waals surface area contributed by atoms with Crippen molar-refractivity contribution in [1.29, 1.82) is 5.26 Å². The molecule has 0 spiro atoms. The van der Waals surface area contributed by atoms with Gasteiger partial charge in [-0.25, -0.2) is 4.79 Å². The zero-order valence-corrected chi connectivity index (χ0v) is 12.4. The molecule has 6 nitrogen and oxygen atoms in total. The Labute approximate surface area is 124 Å². The van der Waals surface area contributed by atoms with Gasteiger partial charge in [0.2, 0.25) is 0 Å². The molecule has 0 saturated carbocycles. The minimum Gasteiger partial charge on any atom is -0.480 e. The van der Waals surface area contributed by atoms with Crippen LogP contribution >= 0.6 is 0 Å². The molecule has 112 valence electrons. The number of hydrogen-bond acceptors (Lipinski definition) is 3. The Kier molecular flexibility index (Phi) is 5.73. The number of nitriles is 1. The van der Waals surface area contributed by atoms with E-state index in [4.69, 9.17) is 10.4 Å². The van der Waals surface area contributed by atoms with E-state index in [1.807, 2.05) is 19.9 Å². The van der Waals surface area contributed by atoms with Crippen molar-refractivity contribution < 1.29 is 14.7 Å². The summed E-state index contributed by atoms with van der Waals surface area (Å²) in [6.45, 7) is 5.12. The zero-order valence-electron chi connectivity index (χ0n) is 12.4. The van der Waals surface area contributed by atoms with Crippen LogP contribution in [0.25, 0.3) is 0 Å². The van der Waals surface area contributed by atoms with E-state index in [1.54, 1.807) is 25.1 Å². The van der Waals surface area contributed by atoms with Crippen LogP contribution in [0.5, 0.6) is 0 Å². The molecular weight excluding hydrogens is 270 g/mol. The summed E-state index contributed by atoms with van der Waals surface area (Å²) in [6.07, 6.45) is 0.651. The van der Waals surface area contributed by atoms with Gasteiger partial charge in [-0.3, -0.25) is 4.79 Å². The first-order chi connectivity index (χ1) is 9.88. The molecule has 0 aliphatic rings. The number of amides is 2. The number of nitrogens with zero attached hydrogens (tertiary/aromatic N) is 2. The molecule has 2 N–H and O–H groups in total. The molecule has 1 atom stereocenters. The van der Waals surface area contributed by atoms with Crippen LogP contribution in [0.3, 0.4) is 0 Å². The lowest BCUT2D eigenvalue weighted by atomic mass is 10.1. The highest BCUT2D eigenvalue weighted by Crippen LogP contribution is 2.18. The summed E-state index contributed by atoms with van der Waals surface area (Å²) in [7, 11) is 0. The number of carboxylic acid groups (broad SMARTS) is 1. The van der Waals surface area contributed by atoms with E-state index < -0.39 is 12.0 Å². The van der Waals surface area contributed by atoms with Gasteiger partial charge < -0.3 is 15.3 Å². The Morgan fingerprint density at radius 1 is 1.48 bits per heavy atom. The Morgan fingerprint density at radius 3 is 2.67 bits per heavy atom. The largest absolute Gasteiger partial charge is 0.480 e. The number of benzene rings is 1. The lowest BCUT2D eigenvalue weighted by Crippen LogP contribution is -2.44. The van der Waals surface area contributed by atoms with Gasteiger partial charge in [0.25, 0.3) is 0 Å². The van der Waals surface area contributed by atoms with Gasteiger partial charge in [0.1, 0.15) is 6.54 Å². The summed E-state index contributed by atoms with van der Waals surface area (Å²) >= 11 is 0. The quantitative estimate of drug-likeness (QED) is 0.871. The van der Waals surface area contributed by atoms with Crippen molar-refractivity contribution in [2.24, 2.45) is 0 Å². The third kappa shape index (κ3) is 4.49. The van der Waals surface area contributed by atoms with Gasteiger partial charge >= 0.3 is 12.0 Å². The summed E-state index contributed by atoms with van der Waals surface area (Å²) < 4.78 is 0. The van der Waals surface area contributed by atoms with Crippen LogP contribution in [0.2, 0.25) is 0 Å². The summed E-state index contributed by atoms with van der Waals surface area (Å²) in [5.74, 6) is -1.06. The fourth-order valence-electron chi connectivity index (χ4n) is 1.81. The molecule has 1 unspecified atom stereocenters. The number of carbonyl (C=O) groups is 2. The van der Waals surface area contributed by atoms with E-state index in [9.17, 15) is 9.59 Å². The fraction of sp³-hybridized carbons (Fsp3) is 0.400. The molecule has 0 aromatic heterocycles. The number of urea groups is 1. The average Bonchev–Trinajstić information content (AvgIpc) is 2.45. The first-order valence-electron chi connectivity index (χ1n) is 6.69. The lowest BCUT2D eigenvalue weighted by molar-refractivity contribution is -0.138. The summed E-state index contributed by atoms with van der Waals surface area (Å²) in [6, 6.07) is 6.30. The van der Waals surface area contributed by atoms with Gasteiger partial charge in [-0.15, -0.1) is 0 Å². The normalized spacial score (nSPS) is 11.3. The molecule has 0 radical (unpaired) electrons. The van der Waals surface area contributed by atoms with E-state index in [1.165, 1.54) is 4.90 Å². The molecule has 0 aliphatic carbocycles. The van der Waals surface area contributed by atoms with E-state index in [-0.39, 0.29) is 12.6 Å². The molecule has 1 aromatic rings. The number of hydrogen-bond donors (Lipinski definition) is 2. The molecule has 0 heterocycles. The molecule has 0 aliphatic heterocycles. The van der Waals surface area contributed by atoms with E-state index in [2.05, 4.69) is 5.32 Å². The van der Waals surface area contributed by atoms with Gasteiger partial charge in [-0.05, 0) is 38.0 Å². The highest BCUT2D eigenvalue weighted by atomic mass is 16.4. The third-order valence-electron chi connectivity index (χ3n) is 3.30. The van der Waals surface area contributed by atoms with Crippen molar-refractivity contribution in [3.05, 3.63) is 29.3 Å². The van der Waals surface area contributed by atoms with Crippen molar-refractivity contribution in [3.8, 4) is 6.07 Å². The molecule has 2 amide bonds. The van der Waals surface area contributed by atoms with Crippen LogP contribution < -0.4 is 5.32 Å². The van der Waals surface area contributed by atoms with Gasteiger partial charge in [-0.2, -0.15) is 5.26 Å². The van der Waals surface area contributed by atoms with E-state index in [0.717, 1.165) is 5.56 Å². The van der Waals surface area contributed by atoms with Crippen molar-refractivity contribution in [3.63, 3.8) is 0 Å². The minimum atomic E-state index is -1.06. The highest BCUT2D eigenvalue weighted by molar-refractivity contribution is 5.92. The second-order valence-corrected chi connectivity index (χ2v) is 4.85. The summed E-state index contributed by atoms with van der Waals surface area (Å²) in [4.78, 5) is 24.4. The van der Waals surface area contributed by atoms with E-state index in [0.29, 0.717) is 17.7 Å². The second-order valence-electron chi connectivity index (χ2n) is 4.85. The van der Waals surface area contributed by atoms with Crippen LogP contribution in [-0.2, 0) is 4.79 Å². The van der Waals surface area contributed by atoms with Crippen molar-refractivity contribution >= 4 is 17.7 Å². The van der Waals surface area contributed by atoms with Crippen molar-refractivity contribution in [2.75, 3.05) is 11.9 Å². The smallest absolute Gasteiger partial charge is 0.323 e. The number of anilines is 1. The van der Waals surface area contributed by atoms with Crippen LogP contribution in [0.1, 0.15) is 31.4 Å². The Morgan fingerprint density at radius 2 is 2.14 bits per heavy atom. The van der Waals surface area contributed by atoms with Gasteiger partial charge in [0, 0.05) is 11.7 Å². The number of rotatable bonds is 5. The molecule has 0 bridgehead atoms. The lowest BCUT2D eigenvalue weighted by Gasteiger charge is -2.27. The van der Waals surface area contributed by atoms with Crippen LogP contribution in [0.4, 0.5) is 10.5 Å². The SMILES string of the molecule is CCC(C)N(CC(=O)O)C(=O)Nc1cc(C#N)ccc1C. The van der Waals surface area contributed by atoms with Gasteiger partial charge in [0.05, 0.1) is 11.6 Å². The Balaban J connectivity index is 2.96. The maximum absolute atomic E-state index is 12.3. The summed E-state index contributed by atoms with van der Waals surface area (Å²) in [5.41, 5.74) is 1.75. The van der Waals surface area contributed by atoms with Gasteiger partial charge in [0.15, 0.2) is 0 Å².